The summed E-state index contributed by atoms with van der Waals surface area (Å²) in [5.41, 5.74) is 2.32. The minimum absolute atomic E-state index is 0.0967. The van der Waals surface area contributed by atoms with Crippen LogP contribution in [0, 0.1) is 0 Å². The molecule has 1 aliphatic heterocycles. The van der Waals surface area contributed by atoms with Crippen LogP contribution in [0.2, 0.25) is 0 Å². The molecule has 3 aromatic rings. The van der Waals surface area contributed by atoms with Gasteiger partial charge in [0.25, 0.3) is 0 Å². The van der Waals surface area contributed by atoms with Crippen LogP contribution in [0.5, 0.6) is 11.5 Å². The number of imidazole rings is 1. The summed E-state index contributed by atoms with van der Waals surface area (Å²) in [6, 6.07) is 10.4. The lowest BCUT2D eigenvalue weighted by molar-refractivity contribution is -0.121. The van der Waals surface area contributed by atoms with Crippen LogP contribution in [-0.4, -0.2) is 49.1 Å². The van der Waals surface area contributed by atoms with E-state index in [0.29, 0.717) is 35.8 Å². The summed E-state index contributed by atoms with van der Waals surface area (Å²) in [7, 11) is 1.31. The van der Waals surface area contributed by atoms with Gasteiger partial charge < -0.3 is 19.4 Å². The van der Waals surface area contributed by atoms with E-state index in [1.165, 1.54) is 18.4 Å². The maximum atomic E-state index is 12.4. The van der Waals surface area contributed by atoms with E-state index in [2.05, 4.69) is 10.3 Å². The van der Waals surface area contributed by atoms with Crippen molar-refractivity contribution < 1.29 is 22.7 Å². The number of carbonyl (C=O) groups excluding carboxylic acids is 1. The standard InChI is InChI=1S/C21H24N4O5S/c1-24(2)31(27,28)15-5-6-17-16(11-15)23-20(25(17)3)8-9-21(26)22-12-14-4-7-18-19(10-14)30-13-29-18/h4-7,10-11H,8-9,12-13H2,1-3H3,(H,22,26). The number of ether oxygens (including phenoxy) is 2. The number of nitrogens with one attached hydrogen (secondary N) is 1. The highest BCUT2D eigenvalue weighted by molar-refractivity contribution is 7.89. The predicted molar refractivity (Wildman–Crippen MR) is 114 cm³/mol. The second-order valence-electron chi connectivity index (χ2n) is 7.49. The zero-order chi connectivity index (χ0) is 22.2. The van der Waals surface area contributed by atoms with E-state index in [1.807, 2.05) is 29.8 Å². The minimum Gasteiger partial charge on any atom is -0.454 e. The van der Waals surface area contributed by atoms with Gasteiger partial charge >= 0.3 is 0 Å². The average Bonchev–Trinajstić information content (AvgIpc) is 3.34. The number of rotatable bonds is 7. The van der Waals surface area contributed by atoms with Crippen molar-refractivity contribution >= 4 is 27.0 Å². The first-order valence-electron chi connectivity index (χ1n) is 9.79. The number of hydrogen-bond acceptors (Lipinski definition) is 6. The van der Waals surface area contributed by atoms with Crippen molar-refractivity contribution in [1.82, 2.24) is 19.2 Å². The summed E-state index contributed by atoms with van der Waals surface area (Å²) in [6.45, 7) is 0.607. The van der Waals surface area contributed by atoms with Crippen LogP contribution < -0.4 is 14.8 Å². The van der Waals surface area contributed by atoms with Gasteiger partial charge in [0, 0.05) is 40.5 Å². The fourth-order valence-corrected chi connectivity index (χ4v) is 4.31. The van der Waals surface area contributed by atoms with E-state index in [9.17, 15) is 13.2 Å². The van der Waals surface area contributed by atoms with E-state index in [-0.39, 0.29) is 24.0 Å². The summed E-state index contributed by atoms with van der Waals surface area (Å²) in [4.78, 5) is 17.1. The van der Waals surface area contributed by atoms with E-state index >= 15 is 0 Å². The molecule has 31 heavy (non-hydrogen) atoms. The van der Waals surface area contributed by atoms with Crippen LogP contribution in [0.4, 0.5) is 0 Å². The first-order valence-corrected chi connectivity index (χ1v) is 11.2. The smallest absolute Gasteiger partial charge is 0.242 e. The third-order valence-electron chi connectivity index (χ3n) is 5.23. The Kier molecular flexibility index (Phi) is 5.59. The maximum absolute atomic E-state index is 12.4. The zero-order valence-electron chi connectivity index (χ0n) is 17.6. The molecule has 1 aliphatic rings. The van der Waals surface area contributed by atoms with Crippen LogP contribution in [0.25, 0.3) is 11.0 Å². The monoisotopic (exact) mass is 444 g/mol. The van der Waals surface area contributed by atoms with Gasteiger partial charge in [-0.1, -0.05) is 6.07 Å². The quantitative estimate of drug-likeness (QED) is 0.596. The highest BCUT2D eigenvalue weighted by Gasteiger charge is 2.19. The van der Waals surface area contributed by atoms with Gasteiger partial charge in [-0.15, -0.1) is 0 Å². The fraction of sp³-hybridized carbons (Fsp3) is 0.333. The number of amides is 1. The van der Waals surface area contributed by atoms with Crippen molar-refractivity contribution in [1.29, 1.82) is 0 Å². The molecule has 0 radical (unpaired) electrons. The molecular weight excluding hydrogens is 420 g/mol. The molecule has 2 aromatic carbocycles. The van der Waals surface area contributed by atoms with Gasteiger partial charge in [-0.3, -0.25) is 4.79 Å². The predicted octanol–water partition coefficient (Wildman–Crippen LogP) is 1.80. The van der Waals surface area contributed by atoms with Crippen molar-refractivity contribution in [2.24, 2.45) is 7.05 Å². The van der Waals surface area contributed by atoms with Crippen molar-refractivity contribution in [3.05, 3.63) is 47.8 Å². The Hall–Kier alpha value is -3.11. The lowest BCUT2D eigenvalue weighted by atomic mass is 10.2. The van der Waals surface area contributed by atoms with Gasteiger partial charge in [0.05, 0.1) is 15.9 Å². The van der Waals surface area contributed by atoms with Crippen LogP contribution >= 0.6 is 0 Å². The maximum Gasteiger partial charge on any atom is 0.242 e. The molecule has 1 aromatic heterocycles. The molecule has 0 fully saturated rings. The molecular formula is C21H24N4O5S. The third-order valence-corrected chi connectivity index (χ3v) is 7.04. The second kappa shape index (κ2) is 8.20. The zero-order valence-corrected chi connectivity index (χ0v) is 18.4. The van der Waals surface area contributed by atoms with E-state index in [1.54, 1.807) is 18.2 Å². The highest BCUT2D eigenvalue weighted by atomic mass is 32.2. The molecule has 2 heterocycles. The van der Waals surface area contributed by atoms with Gasteiger partial charge in [0.15, 0.2) is 11.5 Å². The topological polar surface area (TPSA) is 103 Å². The van der Waals surface area contributed by atoms with Crippen LogP contribution in [-0.2, 0) is 34.8 Å². The Bertz CT molecular complexity index is 1250. The van der Waals surface area contributed by atoms with Gasteiger partial charge in [0.1, 0.15) is 5.82 Å². The molecule has 1 N–H and O–H groups in total. The number of carbonyl (C=O) groups is 1. The number of benzene rings is 2. The number of fused-ring (bicyclic) bond motifs is 2. The Morgan fingerprint density at radius 3 is 2.71 bits per heavy atom. The summed E-state index contributed by atoms with van der Waals surface area (Å²) in [5.74, 6) is 2.01. The summed E-state index contributed by atoms with van der Waals surface area (Å²) in [5, 5.41) is 2.90. The number of sulfonamides is 1. The Morgan fingerprint density at radius 2 is 1.94 bits per heavy atom. The molecule has 1 amide bonds. The second-order valence-corrected chi connectivity index (χ2v) is 9.64. The van der Waals surface area contributed by atoms with Crippen molar-refractivity contribution in [2.75, 3.05) is 20.9 Å². The van der Waals surface area contributed by atoms with Gasteiger partial charge in [-0.2, -0.15) is 0 Å². The van der Waals surface area contributed by atoms with Gasteiger partial charge in [0.2, 0.25) is 22.7 Å². The first-order chi connectivity index (χ1) is 14.8. The molecule has 9 nitrogen and oxygen atoms in total. The molecule has 0 bridgehead atoms. The Morgan fingerprint density at radius 1 is 1.16 bits per heavy atom. The van der Waals surface area contributed by atoms with Crippen molar-refractivity contribution in [2.45, 2.75) is 24.3 Å². The lowest BCUT2D eigenvalue weighted by Gasteiger charge is -2.10. The number of hydrogen-bond donors (Lipinski definition) is 1. The van der Waals surface area contributed by atoms with Crippen LogP contribution in [0.1, 0.15) is 17.8 Å². The number of aryl methyl sites for hydroxylation is 2. The Balaban J connectivity index is 1.40. The molecule has 0 spiro atoms. The molecule has 0 saturated heterocycles. The summed E-state index contributed by atoms with van der Waals surface area (Å²) in [6.07, 6.45) is 0.707. The molecule has 0 saturated carbocycles. The minimum atomic E-state index is -3.53. The van der Waals surface area contributed by atoms with E-state index < -0.39 is 10.0 Å². The van der Waals surface area contributed by atoms with Gasteiger partial charge in [-0.05, 0) is 35.9 Å². The normalized spacial score (nSPS) is 13.2. The van der Waals surface area contributed by atoms with E-state index in [4.69, 9.17) is 9.47 Å². The van der Waals surface area contributed by atoms with Crippen LogP contribution in [0.3, 0.4) is 0 Å². The SMILES string of the molecule is CN(C)S(=O)(=O)c1ccc2c(c1)nc(CCC(=O)NCc1ccc3c(c1)OCO3)n2C. The van der Waals surface area contributed by atoms with Crippen molar-refractivity contribution in [3.63, 3.8) is 0 Å². The highest BCUT2D eigenvalue weighted by Crippen LogP contribution is 2.32. The summed E-state index contributed by atoms with van der Waals surface area (Å²) >= 11 is 0. The molecule has 0 aliphatic carbocycles. The molecule has 0 unspecified atom stereocenters. The molecule has 10 heteroatoms. The molecule has 4 rings (SSSR count). The number of nitrogens with zero attached hydrogens (tertiary/aromatic N) is 3. The fourth-order valence-electron chi connectivity index (χ4n) is 3.39. The molecule has 0 atom stereocenters. The Labute approximate surface area is 180 Å². The number of aromatic nitrogens is 2. The van der Waals surface area contributed by atoms with Crippen molar-refractivity contribution in [3.8, 4) is 11.5 Å². The van der Waals surface area contributed by atoms with Gasteiger partial charge in [-0.25, -0.2) is 17.7 Å². The largest absolute Gasteiger partial charge is 0.454 e. The first kappa shape index (κ1) is 21.1. The van der Waals surface area contributed by atoms with E-state index in [0.717, 1.165) is 11.1 Å². The third kappa shape index (κ3) is 4.21. The average molecular weight is 445 g/mol. The summed E-state index contributed by atoms with van der Waals surface area (Å²) < 4.78 is 38.4. The molecule has 164 valence electrons. The van der Waals surface area contributed by atoms with Crippen LogP contribution in [0.15, 0.2) is 41.3 Å². The lowest BCUT2D eigenvalue weighted by Crippen LogP contribution is -2.23.